The number of hydrogen-bond acceptors (Lipinski definition) is 5. The second-order valence-electron chi connectivity index (χ2n) is 9.79. The Morgan fingerprint density at radius 2 is 1.84 bits per heavy atom. The molecule has 9 heteroatoms. The number of aromatic nitrogens is 3. The molecule has 0 amide bonds. The number of nitrogen functional groups attached to an aromatic ring is 1. The molecule has 2 bridgehead atoms. The van der Waals surface area contributed by atoms with Crippen LogP contribution in [0.15, 0.2) is 18.5 Å². The number of anilines is 1. The lowest BCUT2D eigenvalue weighted by atomic mass is 9.43. The molecule has 3 heterocycles. The Kier molecular flexibility index (Phi) is 4.06. The molecule has 4 saturated carbocycles. The Balaban J connectivity index is 1.31. The molecule has 5 aliphatic rings. The van der Waals surface area contributed by atoms with E-state index >= 15 is 0 Å². The average Bonchev–Trinajstić information content (AvgIpc) is 3.39. The number of hydrogen-bond donors (Lipinski definition) is 1. The van der Waals surface area contributed by atoms with Gasteiger partial charge in [0.2, 0.25) is 0 Å². The van der Waals surface area contributed by atoms with E-state index in [1.54, 1.807) is 0 Å². The molecule has 4 aliphatic carbocycles. The van der Waals surface area contributed by atoms with Gasteiger partial charge in [-0.15, -0.1) is 0 Å². The number of rotatable bonds is 5. The highest BCUT2D eigenvalue weighted by Gasteiger charge is 2.71. The number of ether oxygens (including phenoxy) is 1. The molecular formula is C22H26F3N5O. The standard InChI is InChI=1S/C22H26F3N5O/c23-22(24,25)16-8-15(9-27-19(16)26)17-10-30(18(28-17)7-14-1-2-14)21-11-20(12-21,13-21)29-3-5-31-6-4-29/h8-10,14H,1-7,11-13H2,(H2,26,27). The molecule has 2 aromatic rings. The number of halogens is 3. The van der Waals surface area contributed by atoms with Crippen LogP contribution in [0.5, 0.6) is 0 Å². The molecule has 6 nitrogen and oxygen atoms in total. The first-order chi connectivity index (χ1) is 14.8. The number of morpholine rings is 1. The zero-order chi connectivity index (χ0) is 21.4. The van der Waals surface area contributed by atoms with Crippen molar-refractivity contribution in [1.29, 1.82) is 0 Å². The highest BCUT2D eigenvalue weighted by molar-refractivity contribution is 5.62. The van der Waals surface area contributed by atoms with Crippen LogP contribution in [0, 0.1) is 5.92 Å². The fourth-order valence-electron chi connectivity index (χ4n) is 5.85. The molecule has 0 atom stereocenters. The Morgan fingerprint density at radius 3 is 2.48 bits per heavy atom. The summed E-state index contributed by atoms with van der Waals surface area (Å²) in [7, 11) is 0. The summed E-state index contributed by atoms with van der Waals surface area (Å²) in [6, 6.07) is 1.08. The largest absolute Gasteiger partial charge is 0.419 e. The maximum atomic E-state index is 13.3. The van der Waals surface area contributed by atoms with Crippen LogP contribution < -0.4 is 5.73 Å². The minimum absolute atomic E-state index is 0.0574. The van der Waals surface area contributed by atoms with Crippen molar-refractivity contribution in [3.05, 3.63) is 29.8 Å². The quantitative estimate of drug-likeness (QED) is 0.782. The maximum Gasteiger partial charge on any atom is 0.419 e. The van der Waals surface area contributed by atoms with Gasteiger partial charge < -0.3 is 15.0 Å². The van der Waals surface area contributed by atoms with Gasteiger partial charge in [0.05, 0.1) is 30.0 Å². The molecule has 5 fully saturated rings. The average molecular weight is 433 g/mol. The van der Waals surface area contributed by atoms with Crippen molar-refractivity contribution in [1.82, 2.24) is 19.4 Å². The monoisotopic (exact) mass is 433 g/mol. The van der Waals surface area contributed by atoms with Gasteiger partial charge >= 0.3 is 6.18 Å². The summed E-state index contributed by atoms with van der Waals surface area (Å²) in [6.07, 6.45) is 5.36. The molecule has 0 radical (unpaired) electrons. The van der Waals surface area contributed by atoms with Gasteiger partial charge in [0.15, 0.2) is 0 Å². The SMILES string of the molecule is Nc1ncc(-c2cn(C34CC(N5CCOCC5)(C3)C4)c(CC3CC3)n2)cc1C(F)(F)F. The minimum atomic E-state index is -4.54. The van der Waals surface area contributed by atoms with Crippen LogP contribution in [0.2, 0.25) is 0 Å². The number of pyridine rings is 1. The summed E-state index contributed by atoms with van der Waals surface area (Å²) in [5, 5.41) is 0. The van der Waals surface area contributed by atoms with Gasteiger partial charge in [0.25, 0.3) is 0 Å². The lowest BCUT2D eigenvalue weighted by Gasteiger charge is -2.74. The second-order valence-corrected chi connectivity index (χ2v) is 9.79. The van der Waals surface area contributed by atoms with Crippen LogP contribution >= 0.6 is 0 Å². The smallest absolute Gasteiger partial charge is 0.383 e. The van der Waals surface area contributed by atoms with Crippen molar-refractivity contribution in [2.24, 2.45) is 5.92 Å². The van der Waals surface area contributed by atoms with E-state index in [0.29, 0.717) is 17.2 Å². The Bertz CT molecular complexity index is 1000. The topological polar surface area (TPSA) is 69.2 Å². The van der Waals surface area contributed by atoms with Crippen LogP contribution in [-0.4, -0.2) is 51.3 Å². The third kappa shape index (κ3) is 3.08. The number of nitrogens with zero attached hydrogens (tertiary/aromatic N) is 4. The van der Waals surface area contributed by atoms with Crippen molar-refractivity contribution < 1.29 is 17.9 Å². The van der Waals surface area contributed by atoms with E-state index in [-0.39, 0.29) is 11.1 Å². The summed E-state index contributed by atoms with van der Waals surface area (Å²) in [5.74, 6) is 1.14. The maximum absolute atomic E-state index is 13.3. The molecule has 2 aromatic heterocycles. The first-order valence-corrected chi connectivity index (χ1v) is 11.0. The van der Waals surface area contributed by atoms with E-state index in [4.69, 9.17) is 15.5 Å². The lowest BCUT2D eigenvalue weighted by molar-refractivity contribution is -0.221. The fraction of sp³-hybridized carbons (Fsp3) is 0.636. The Labute approximate surface area is 178 Å². The van der Waals surface area contributed by atoms with Gasteiger partial charge in [-0.05, 0) is 44.1 Å². The van der Waals surface area contributed by atoms with Crippen LogP contribution in [-0.2, 0) is 22.9 Å². The highest BCUT2D eigenvalue weighted by atomic mass is 19.4. The van der Waals surface area contributed by atoms with Crippen molar-refractivity contribution in [2.75, 3.05) is 32.0 Å². The summed E-state index contributed by atoms with van der Waals surface area (Å²) < 4.78 is 47.8. The van der Waals surface area contributed by atoms with Gasteiger partial charge in [-0.3, -0.25) is 4.90 Å². The van der Waals surface area contributed by atoms with Crippen LogP contribution in [0.25, 0.3) is 11.3 Å². The summed E-state index contributed by atoms with van der Waals surface area (Å²) in [5.41, 5.74) is 5.84. The van der Waals surface area contributed by atoms with E-state index in [0.717, 1.165) is 63.9 Å². The number of alkyl halides is 3. The van der Waals surface area contributed by atoms with Crippen molar-refractivity contribution >= 4 is 5.82 Å². The summed E-state index contributed by atoms with van der Waals surface area (Å²) >= 11 is 0. The molecule has 7 rings (SSSR count). The lowest BCUT2D eigenvalue weighted by Crippen LogP contribution is -2.79. The first kappa shape index (κ1) is 19.5. The van der Waals surface area contributed by atoms with E-state index in [1.807, 2.05) is 6.20 Å². The third-order valence-corrected chi connectivity index (χ3v) is 7.63. The van der Waals surface area contributed by atoms with E-state index in [1.165, 1.54) is 19.0 Å². The predicted octanol–water partition coefficient (Wildman–Crippen LogP) is 3.46. The van der Waals surface area contributed by atoms with Crippen molar-refractivity contribution in [3.8, 4) is 11.3 Å². The highest BCUT2D eigenvalue weighted by Crippen LogP contribution is 2.68. The minimum Gasteiger partial charge on any atom is -0.383 e. The summed E-state index contributed by atoms with van der Waals surface area (Å²) in [4.78, 5) is 11.2. The summed E-state index contributed by atoms with van der Waals surface area (Å²) in [6.45, 7) is 3.56. The number of nitrogens with two attached hydrogens (primary N) is 1. The third-order valence-electron chi connectivity index (χ3n) is 7.63. The van der Waals surface area contributed by atoms with Crippen LogP contribution in [0.1, 0.15) is 43.5 Å². The fourth-order valence-corrected chi connectivity index (χ4v) is 5.85. The Hall–Kier alpha value is -2.13. The second kappa shape index (κ2) is 6.45. The van der Waals surface area contributed by atoms with Crippen molar-refractivity contribution in [2.45, 2.75) is 55.8 Å². The van der Waals surface area contributed by atoms with Crippen molar-refractivity contribution in [3.63, 3.8) is 0 Å². The zero-order valence-electron chi connectivity index (χ0n) is 17.3. The van der Waals surface area contributed by atoms with Crippen LogP contribution in [0.4, 0.5) is 19.0 Å². The molecule has 1 saturated heterocycles. The number of imidazole rings is 1. The van der Waals surface area contributed by atoms with Gasteiger partial charge in [-0.25, -0.2) is 9.97 Å². The van der Waals surface area contributed by atoms with Gasteiger partial charge in [0.1, 0.15) is 11.6 Å². The van der Waals surface area contributed by atoms with Gasteiger partial charge in [-0.2, -0.15) is 13.2 Å². The van der Waals surface area contributed by atoms with E-state index < -0.39 is 17.6 Å². The van der Waals surface area contributed by atoms with E-state index in [2.05, 4.69) is 14.5 Å². The van der Waals surface area contributed by atoms with Crippen LogP contribution in [0.3, 0.4) is 0 Å². The molecule has 1 aliphatic heterocycles. The molecule has 0 unspecified atom stereocenters. The first-order valence-electron chi connectivity index (χ1n) is 11.0. The van der Waals surface area contributed by atoms with E-state index in [9.17, 15) is 13.2 Å². The molecular weight excluding hydrogens is 407 g/mol. The zero-order valence-corrected chi connectivity index (χ0v) is 17.3. The predicted molar refractivity (Wildman–Crippen MR) is 108 cm³/mol. The van der Waals surface area contributed by atoms with Gasteiger partial charge in [0, 0.05) is 43.0 Å². The molecule has 2 N–H and O–H groups in total. The normalized spacial score (nSPS) is 30.7. The molecule has 166 valence electrons. The molecule has 0 spiro atoms. The Morgan fingerprint density at radius 1 is 1.13 bits per heavy atom. The molecule has 31 heavy (non-hydrogen) atoms. The molecule has 0 aromatic carbocycles. The van der Waals surface area contributed by atoms with Gasteiger partial charge in [-0.1, -0.05) is 0 Å².